The molecular formula is C9H15N3O. The average molecular weight is 181 g/mol. The maximum atomic E-state index is 11.4. The molecule has 72 valence electrons. The number of amides is 1. The van der Waals surface area contributed by atoms with E-state index in [1.807, 2.05) is 13.8 Å². The van der Waals surface area contributed by atoms with Crippen LogP contribution in [-0.4, -0.2) is 23.0 Å². The highest BCUT2D eigenvalue weighted by Gasteiger charge is 2.13. The molecule has 1 rings (SSSR count). The Bertz CT molecular complexity index is 272. The molecule has 0 spiro atoms. The normalized spacial score (nSPS) is 11.3. The minimum atomic E-state index is -0.373. The number of hydrogen-bond acceptors (Lipinski definition) is 2. The molecule has 0 aliphatic rings. The van der Waals surface area contributed by atoms with Gasteiger partial charge in [-0.15, -0.1) is 0 Å². The van der Waals surface area contributed by atoms with Gasteiger partial charge in [0.05, 0.1) is 0 Å². The fourth-order valence-corrected chi connectivity index (χ4v) is 0.875. The van der Waals surface area contributed by atoms with Crippen LogP contribution in [0.5, 0.6) is 0 Å². The molecular weight excluding hydrogens is 166 g/mol. The molecule has 0 bridgehead atoms. The Hall–Kier alpha value is -1.29. The number of H-pyrrole nitrogens is 1. The molecule has 1 aromatic rings. The van der Waals surface area contributed by atoms with Gasteiger partial charge in [0.2, 0.25) is 0 Å². The van der Waals surface area contributed by atoms with Crippen molar-refractivity contribution in [1.29, 1.82) is 0 Å². The zero-order chi connectivity index (χ0) is 9.90. The lowest BCUT2D eigenvalue weighted by Crippen LogP contribution is -2.45. The van der Waals surface area contributed by atoms with Crippen LogP contribution in [0.1, 0.15) is 24.3 Å². The predicted molar refractivity (Wildman–Crippen MR) is 51.4 cm³/mol. The number of rotatable bonds is 3. The standard InChI is InChI=1S/C9H15N3O/c1-9(2,10)6-12-8(13)7-4-3-5-11-7/h3-5,11H,6,10H2,1-2H3,(H,12,13). The number of aromatic nitrogens is 1. The van der Waals surface area contributed by atoms with Crippen LogP contribution < -0.4 is 11.1 Å². The third-order valence-corrected chi connectivity index (χ3v) is 1.55. The first kappa shape index (κ1) is 9.80. The molecule has 4 heteroatoms. The minimum absolute atomic E-state index is 0.122. The third kappa shape index (κ3) is 3.29. The Kier molecular flexibility index (Phi) is 2.72. The van der Waals surface area contributed by atoms with Crippen LogP contribution in [0.4, 0.5) is 0 Å². The highest BCUT2D eigenvalue weighted by molar-refractivity contribution is 5.92. The molecule has 0 atom stereocenters. The Morgan fingerprint density at radius 1 is 1.69 bits per heavy atom. The molecule has 0 saturated carbocycles. The van der Waals surface area contributed by atoms with E-state index in [1.165, 1.54) is 0 Å². The summed E-state index contributed by atoms with van der Waals surface area (Å²) < 4.78 is 0. The van der Waals surface area contributed by atoms with Gasteiger partial charge in [-0.2, -0.15) is 0 Å². The van der Waals surface area contributed by atoms with Crippen LogP contribution >= 0.6 is 0 Å². The molecule has 0 fully saturated rings. The summed E-state index contributed by atoms with van der Waals surface area (Å²) in [4.78, 5) is 14.2. The largest absolute Gasteiger partial charge is 0.357 e. The molecule has 0 radical (unpaired) electrons. The number of aromatic amines is 1. The molecule has 0 aromatic carbocycles. The molecule has 0 saturated heterocycles. The first-order chi connectivity index (χ1) is 5.99. The number of carbonyl (C=O) groups is 1. The van der Waals surface area contributed by atoms with E-state index in [9.17, 15) is 4.79 Å². The fourth-order valence-electron chi connectivity index (χ4n) is 0.875. The molecule has 1 amide bonds. The number of nitrogens with two attached hydrogens (primary N) is 1. The maximum absolute atomic E-state index is 11.4. The highest BCUT2D eigenvalue weighted by atomic mass is 16.1. The zero-order valence-electron chi connectivity index (χ0n) is 7.92. The summed E-state index contributed by atoms with van der Waals surface area (Å²) in [6.45, 7) is 4.19. The second kappa shape index (κ2) is 3.62. The van der Waals surface area contributed by atoms with Crippen molar-refractivity contribution in [3.63, 3.8) is 0 Å². The van der Waals surface area contributed by atoms with Gasteiger partial charge >= 0.3 is 0 Å². The molecule has 1 aromatic heterocycles. The van der Waals surface area contributed by atoms with Crippen LogP contribution in [0.3, 0.4) is 0 Å². The van der Waals surface area contributed by atoms with Gasteiger partial charge in [0.15, 0.2) is 0 Å². The Morgan fingerprint density at radius 2 is 2.38 bits per heavy atom. The quantitative estimate of drug-likeness (QED) is 0.634. The highest BCUT2D eigenvalue weighted by Crippen LogP contribution is 1.96. The molecule has 4 N–H and O–H groups in total. The Labute approximate surface area is 77.5 Å². The van der Waals surface area contributed by atoms with Crippen LogP contribution in [0, 0.1) is 0 Å². The summed E-state index contributed by atoms with van der Waals surface area (Å²) in [5.41, 5.74) is 5.90. The second-order valence-electron chi connectivity index (χ2n) is 3.76. The van der Waals surface area contributed by atoms with Gasteiger partial charge in [0, 0.05) is 18.3 Å². The van der Waals surface area contributed by atoms with E-state index in [2.05, 4.69) is 10.3 Å². The van der Waals surface area contributed by atoms with Crippen molar-refractivity contribution in [2.24, 2.45) is 5.73 Å². The first-order valence-electron chi connectivity index (χ1n) is 4.19. The fraction of sp³-hybridized carbons (Fsp3) is 0.444. The number of nitrogens with one attached hydrogen (secondary N) is 2. The van der Waals surface area contributed by atoms with E-state index in [0.29, 0.717) is 12.2 Å². The molecule has 0 aliphatic heterocycles. The second-order valence-corrected chi connectivity index (χ2v) is 3.76. The van der Waals surface area contributed by atoms with Crippen LogP contribution in [0.25, 0.3) is 0 Å². The van der Waals surface area contributed by atoms with E-state index in [0.717, 1.165) is 0 Å². The van der Waals surface area contributed by atoms with Crippen molar-refractivity contribution < 1.29 is 4.79 Å². The van der Waals surface area contributed by atoms with Gasteiger partial charge in [-0.05, 0) is 26.0 Å². The average Bonchev–Trinajstić information content (AvgIpc) is 2.50. The first-order valence-corrected chi connectivity index (χ1v) is 4.19. The summed E-state index contributed by atoms with van der Waals surface area (Å²) in [5, 5.41) is 2.73. The molecule has 1 heterocycles. The summed E-state index contributed by atoms with van der Waals surface area (Å²) in [7, 11) is 0. The van der Waals surface area contributed by atoms with Crippen molar-refractivity contribution in [2.45, 2.75) is 19.4 Å². The summed E-state index contributed by atoms with van der Waals surface area (Å²) >= 11 is 0. The van der Waals surface area contributed by atoms with Crippen LogP contribution in [0.15, 0.2) is 18.3 Å². The maximum Gasteiger partial charge on any atom is 0.267 e. The van der Waals surface area contributed by atoms with Crippen molar-refractivity contribution in [2.75, 3.05) is 6.54 Å². The van der Waals surface area contributed by atoms with Gasteiger partial charge in [-0.1, -0.05) is 0 Å². The number of hydrogen-bond donors (Lipinski definition) is 3. The van der Waals surface area contributed by atoms with Crippen molar-refractivity contribution in [3.8, 4) is 0 Å². The molecule has 0 aliphatic carbocycles. The van der Waals surface area contributed by atoms with E-state index >= 15 is 0 Å². The summed E-state index contributed by atoms with van der Waals surface area (Å²) in [6, 6.07) is 3.50. The summed E-state index contributed by atoms with van der Waals surface area (Å²) in [5.74, 6) is -0.122. The lowest BCUT2D eigenvalue weighted by atomic mass is 10.1. The van der Waals surface area contributed by atoms with E-state index < -0.39 is 0 Å². The monoisotopic (exact) mass is 181 g/mol. The van der Waals surface area contributed by atoms with Gasteiger partial charge < -0.3 is 16.0 Å². The molecule has 4 nitrogen and oxygen atoms in total. The lowest BCUT2D eigenvalue weighted by Gasteiger charge is -2.18. The van der Waals surface area contributed by atoms with Gasteiger partial charge in [0.25, 0.3) is 5.91 Å². The minimum Gasteiger partial charge on any atom is -0.357 e. The van der Waals surface area contributed by atoms with Crippen LogP contribution in [-0.2, 0) is 0 Å². The van der Waals surface area contributed by atoms with Gasteiger partial charge in [-0.3, -0.25) is 4.79 Å². The predicted octanol–water partition coefficient (Wildman–Crippen LogP) is 0.482. The van der Waals surface area contributed by atoms with E-state index in [4.69, 9.17) is 5.73 Å². The smallest absolute Gasteiger partial charge is 0.267 e. The SMILES string of the molecule is CC(C)(N)CNC(=O)c1ccc[nH]1. The van der Waals surface area contributed by atoms with Gasteiger partial charge in [-0.25, -0.2) is 0 Å². The van der Waals surface area contributed by atoms with E-state index in [1.54, 1.807) is 18.3 Å². The van der Waals surface area contributed by atoms with Crippen molar-refractivity contribution in [1.82, 2.24) is 10.3 Å². The lowest BCUT2D eigenvalue weighted by molar-refractivity contribution is 0.0941. The summed E-state index contributed by atoms with van der Waals surface area (Å²) in [6.07, 6.45) is 1.71. The Morgan fingerprint density at radius 3 is 2.85 bits per heavy atom. The third-order valence-electron chi connectivity index (χ3n) is 1.55. The molecule has 0 unspecified atom stereocenters. The van der Waals surface area contributed by atoms with Crippen LogP contribution in [0.2, 0.25) is 0 Å². The Balaban J connectivity index is 2.44. The van der Waals surface area contributed by atoms with Crippen molar-refractivity contribution in [3.05, 3.63) is 24.0 Å². The zero-order valence-corrected chi connectivity index (χ0v) is 7.92. The number of carbonyl (C=O) groups excluding carboxylic acids is 1. The topological polar surface area (TPSA) is 70.9 Å². The van der Waals surface area contributed by atoms with Gasteiger partial charge in [0.1, 0.15) is 5.69 Å². The molecule has 13 heavy (non-hydrogen) atoms. The van der Waals surface area contributed by atoms with Crippen molar-refractivity contribution >= 4 is 5.91 Å². The van der Waals surface area contributed by atoms with E-state index in [-0.39, 0.29) is 11.4 Å².